The smallest absolute Gasteiger partial charge is 0.326 e. The Balaban J connectivity index is 2.07. The molecular weight excluding hydrogens is 379 g/mol. The van der Waals surface area contributed by atoms with Crippen LogP contribution in [0.15, 0.2) is 48.5 Å². The molecule has 0 heterocycles. The van der Waals surface area contributed by atoms with Gasteiger partial charge in [0.1, 0.15) is 5.82 Å². The Bertz CT molecular complexity index is 841. The van der Waals surface area contributed by atoms with Gasteiger partial charge in [-0.15, -0.1) is 0 Å². The summed E-state index contributed by atoms with van der Waals surface area (Å²) in [5, 5.41) is 16.1. The number of nitro benzene ring substituents is 1. The molecule has 2 rings (SSSR count). The first-order valence-corrected chi connectivity index (χ1v) is 9.26. The maximum absolute atomic E-state index is 13.2. The molecule has 0 unspecified atom stereocenters. The quantitative estimate of drug-likeness (QED) is 0.487. The number of hydrogen-bond donors (Lipinski definition) is 2. The summed E-state index contributed by atoms with van der Waals surface area (Å²) in [5.41, 5.74) is 0.737. The zero-order valence-electron chi connectivity index (χ0n) is 16.1. The summed E-state index contributed by atoms with van der Waals surface area (Å²) in [7, 11) is 0. The molecule has 0 aliphatic rings. The summed E-state index contributed by atoms with van der Waals surface area (Å²) in [6.45, 7) is 2.39. The summed E-state index contributed by atoms with van der Waals surface area (Å²) < 4.78 is 13.2. The summed E-state index contributed by atoms with van der Waals surface area (Å²) >= 11 is 0. The number of carbonyl (C=O) groups is 2. The van der Waals surface area contributed by atoms with Crippen LogP contribution in [0.2, 0.25) is 0 Å². The molecule has 8 nitrogen and oxygen atoms in total. The Morgan fingerprint density at radius 2 is 1.76 bits per heavy atom. The first kappa shape index (κ1) is 21.8. The van der Waals surface area contributed by atoms with E-state index in [1.54, 1.807) is 0 Å². The van der Waals surface area contributed by atoms with Crippen molar-refractivity contribution in [2.24, 2.45) is 0 Å². The second-order valence-corrected chi connectivity index (χ2v) is 6.32. The van der Waals surface area contributed by atoms with E-state index in [4.69, 9.17) is 0 Å². The number of carbonyl (C=O) groups excluding carboxylic acids is 2. The van der Waals surface area contributed by atoms with Crippen LogP contribution in [0.3, 0.4) is 0 Å². The van der Waals surface area contributed by atoms with Crippen LogP contribution in [0.1, 0.15) is 26.2 Å². The Hall–Kier alpha value is -3.49. The molecule has 0 radical (unpaired) electrons. The van der Waals surface area contributed by atoms with E-state index in [2.05, 4.69) is 10.6 Å². The highest BCUT2D eigenvalue weighted by atomic mass is 19.1. The van der Waals surface area contributed by atoms with E-state index in [9.17, 15) is 24.1 Å². The Morgan fingerprint density at radius 3 is 2.34 bits per heavy atom. The molecule has 0 aromatic heterocycles. The number of nitrogens with zero attached hydrogens (tertiary/aromatic N) is 2. The number of non-ortho nitro benzene ring substituents is 1. The first-order chi connectivity index (χ1) is 13.9. The summed E-state index contributed by atoms with van der Waals surface area (Å²) in [6.07, 6.45) is 2.11. The number of nitrogens with one attached hydrogen (secondary N) is 2. The number of rotatable bonds is 9. The molecule has 0 aliphatic carbocycles. The number of urea groups is 1. The summed E-state index contributed by atoms with van der Waals surface area (Å²) in [5.74, 6) is -0.529. The number of halogens is 1. The minimum absolute atomic E-state index is 0.0896. The van der Waals surface area contributed by atoms with Crippen molar-refractivity contribution in [2.75, 3.05) is 23.3 Å². The molecule has 9 heteroatoms. The Kier molecular flexibility index (Phi) is 8.08. The van der Waals surface area contributed by atoms with E-state index in [0.717, 1.165) is 12.8 Å². The zero-order valence-corrected chi connectivity index (χ0v) is 16.1. The molecule has 154 valence electrons. The van der Waals surface area contributed by atoms with Crippen molar-refractivity contribution in [3.63, 3.8) is 0 Å². The molecule has 0 bridgehead atoms. The van der Waals surface area contributed by atoms with Crippen molar-refractivity contribution < 1.29 is 18.9 Å². The van der Waals surface area contributed by atoms with Gasteiger partial charge in [-0.3, -0.25) is 19.8 Å². The Labute approximate surface area is 167 Å². The fraction of sp³-hybridized carbons (Fsp3) is 0.300. The highest BCUT2D eigenvalue weighted by molar-refractivity contribution is 6.01. The van der Waals surface area contributed by atoms with Crippen LogP contribution in [-0.2, 0) is 4.79 Å². The molecule has 0 aliphatic heterocycles. The third-order valence-corrected chi connectivity index (χ3v) is 4.13. The monoisotopic (exact) mass is 402 g/mol. The van der Waals surface area contributed by atoms with Gasteiger partial charge in [-0.2, -0.15) is 0 Å². The van der Waals surface area contributed by atoms with Crippen molar-refractivity contribution in [2.45, 2.75) is 26.2 Å². The topological polar surface area (TPSA) is 105 Å². The standard InChI is InChI=1S/C20H23FN4O4/c1-2-3-4-19(26)22-13-14-24(17-9-5-15(21)6-10-17)20(27)23-16-7-11-18(12-8-16)25(28)29/h5-12H,2-4,13-14H2,1H3,(H,22,26)(H,23,27). The van der Waals surface area contributed by atoms with Gasteiger partial charge in [0.2, 0.25) is 5.91 Å². The lowest BCUT2D eigenvalue weighted by Crippen LogP contribution is -2.41. The number of nitro groups is 1. The van der Waals surface area contributed by atoms with E-state index < -0.39 is 16.8 Å². The number of hydrogen-bond acceptors (Lipinski definition) is 4. The van der Waals surface area contributed by atoms with Crippen LogP contribution < -0.4 is 15.5 Å². The molecule has 3 amide bonds. The van der Waals surface area contributed by atoms with Crippen molar-refractivity contribution in [1.29, 1.82) is 0 Å². The molecular formula is C20H23FN4O4. The van der Waals surface area contributed by atoms with Crippen LogP contribution in [0.4, 0.5) is 26.2 Å². The van der Waals surface area contributed by atoms with E-state index >= 15 is 0 Å². The fourth-order valence-electron chi connectivity index (χ4n) is 2.56. The van der Waals surface area contributed by atoms with E-state index in [-0.39, 0.29) is 24.7 Å². The maximum atomic E-state index is 13.2. The van der Waals surface area contributed by atoms with Gasteiger partial charge in [-0.05, 0) is 42.8 Å². The molecule has 0 spiro atoms. The van der Waals surface area contributed by atoms with Crippen LogP contribution in [-0.4, -0.2) is 30.0 Å². The van der Waals surface area contributed by atoms with Gasteiger partial charge in [0.05, 0.1) is 4.92 Å². The lowest BCUT2D eigenvalue weighted by Gasteiger charge is -2.23. The second-order valence-electron chi connectivity index (χ2n) is 6.32. The van der Waals surface area contributed by atoms with Gasteiger partial charge in [-0.25, -0.2) is 9.18 Å². The highest BCUT2D eigenvalue weighted by Crippen LogP contribution is 2.19. The van der Waals surface area contributed by atoms with E-state index in [1.807, 2.05) is 6.92 Å². The number of anilines is 2. The molecule has 0 fully saturated rings. The second kappa shape index (κ2) is 10.7. The van der Waals surface area contributed by atoms with E-state index in [0.29, 0.717) is 17.8 Å². The minimum atomic E-state index is -0.530. The largest absolute Gasteiger partial charge is 0.354 e. The summed E-state index contributed by atoms with van der Waals surface area (Å²) in [6, 6.07) is 10.3. The van der Waals surface area contributed by atoms with E-state index in [1.165, 1.54) is 53.4 Å². The van der Waals surface area contributed by atoms with Crippen molar-refractivity contribution >= 4 is 29.0 Å². The van der Waals surface area contributed by atoms with Gasteiger partial charge in [0.25, 0.3) is 5.69 Å². The lowest BCUT2D eigenvalue weighted by molar-refractivity contribution is -0.384. The van der Waals surface area contributed by atoms with Gasteiger partial charge < -0.3 is 10.6 Å². The number of benzene rings is 2. The Morgan fingerprint density at radius 1 is 1.10 bits per heavy atom. The zero-order chi connectivity index (χ0) is 21.2. The van der Waals surface area contributed by atoms with Crippen molar-refractivity contribution in [3.8, 4) is 0 Å². The normalized spacial score (nSPS) is 10.3. The third kappa shape index (κ3) is 6.87. The summed E-state index contributed by atoms with van der Waals surface area (Å²) in [4.78, 5) is 36.1. The molecule has 2 N–H and O–H groups in total. The average Bonchev–Trinajstić information content (AvgIpc) is 2.71. The molecule has 29 heavy (non-hydrogen) atoms. The van der Waals surface area contributed by atoms with Gasteiger partial charge in [0, 0.05) is 43.0 Å². The molecule has 2 aromatic rings. The van der Waals surface area contributed by atoms with Crippen LogP contribution in [0.5, 0.6) is 0 Å². The molecule has 0 saturated heterocycles. The van der Waals surface area contributed by atoms with Crippen LogP contribution in [0, 0.1) is 15.9 Å². The van der Waals surface area contributed by atoms with Crippen LogP contribution in [0.25, 0.3) is 0 Å². The predicted molar refractivity (Wildman–Crippen MR) is 108 cm³/mol. The SMILES string of the molecule is CCCCC(=O)NCCN(C(=O)Nc1ccc([N+](=O)[O-])cc1)c1ccc(F)cc1. The highest BCUT2D eigenvalue weighted by Gasteiger charge is 2.17. The van der Waals surface area contributed by atoms with Crippen LogP contribution >= 0.6 is 0 Å². The molecule has 0 saturated carbocycles. The van der Waals surface area contributed by atoms with Gasteiger partial charge >= 0.3 is 6.03 Å². The maximum Gasteiger partial charge on any atom is 0.326 e. The van der Waals surface area contributed by atoms with Crippen molar-refractivity contribution in [1.82, 2.24) is 5.32 Å². The number of amides is 3. The number of unbranched alkanes of at least 4 members (excludes halogenated alkanes) is 1. The minimum Gasteiger partial charge on any atom is -0.354 e. The first-order valence-electron chi connectivity index (χ1n) is 9.26. The molecule has 0 atom stereocenters. The van der Waals surface area contributed by atoms with Gasteiger partial charge in [-0.1, -0.05) is 13.3 Å². The lowest BCUT2D eigenvalue weighted by atomic mass is 10.2. The third-order valence-electron chi connectivity index (χ3n) is 4.13. The molecule has 2 aromatic carbocycles. The fourth-order valence-corrected chi connectivity index (χ4v) is 2.56. The van der Waals surface area contributed by atoms with Gasteiger partial charge in [0.15, 0.2) is 0 Å². The average molecular weight is 402 g/mol. The predicted octanol–water partition coefficient (Wildman–Crippen LogP) is 4.08. The van der Waals surface area contributed by atoms with Crippen molar-refractivity contribution in [3.05, 3.63) is 64.5 Å².